The summed E-state index contributed by atoms with van der Waals surface area (Å²) in [4.78, 5) is 26.6. The number of hydrogen-bond acceptors (Lipinski definition) is 2. The number of rotatable bonds is 7. The van der Waals surface area contributed by atoms with Crippen LogP contribution in [-0.4, -0.2) is 24.4 Å². The minimum atomic E-state index is -0.0807. The van der Waals surface area contributed by atoms with Crippen molar-refractivity contribution >= 4 is 17.5 Å². The molecule has 1 atom stereocenters. The van der Waals surface area contributed by atoms with Gasteiger partial charge in [-0.3, -0.25) is 9.59 Å². The van der Waals surface area contributed by atoms with Gasteiger partial charge in [-0.05, 0) is 49.9 Å². The van der Waals surface area contributed by atoms with E-state index >= 15 is 0 Å². The van der Waals surface area contributed by atoms with Gasteiger partial charge in [0.25, 0.3) is 0 Å². The molecular weight excluding hydrogens is 300 g/mol. The highest BCUT2D eigenvalue weighted by molar-refractivity contribution is 5.97. The third-order valence-electron chi connectivity index (χ3n) is 4.92. The lowest BCUT2D eigenvalue weighted by molar-refractivity contribution is -0.126. The lowest BCUT2D eigenvalue weighted by Crippen LogP contribution is -2.40. The van der Waals surface area contributed by atoms with Crippen LogP contribution in [0.2, 0.25) is 0 Å². The molecule has 1 aliphatic rings. The van der Waals surface area contributed by atoms with Crippen LogP contribution in [0, 0.1) is 19.8 Å². The molecule has 0 radical (unpaired) electrons. The largest absolute Gasteiger partial charge is 0.351 e. The van der Waals surface area contributed by atoms with Crippen molar-refractivity contribution in [3.05, 3.63) is 29.3 Å². The second-order valence-corrected chi connectivity index (χ2v) is 6.96. The molecule has 1 aromatic rings. The number of carbonyl (C=O) groups excluding carboxylic acids is 2. The topological polar surface area (TPSA) is 49.4 Å². The van der Waals surface area contributed by atoms with Crippen molar-refractivity contribution in [1.29, 1.82) is 0 Å². The van der Waals surface area contributed by atoms with Crippen molar-refractivity contribution in [1.82, 2.24) is 5.32 Å². The summed E-state index contributed by atoms with van der Waals surface area (Å²) in [5, 5.41) is 3.10. The van der Waals surface area contributed by atoms with Crippen LogP contribution in [-0.2, 0) is 9.59 Å². The van der Waals surface area contributed by atoms with Crippen molar-refractivity contribution < 1.29 is 9.59 Å². The zero-order valence-electron chi connectivity index (χ0n) is 15.4. The molecule has 0 unspecified atom stereocenters. The molecule has 1 heterocycles. The normalized spacial score (nSPS) is 17.6. The van der Waals surface area contributed by atoms with Crippen LogP contribution in [0.4, 0.5) is 5.69 Å². The third-order valence-corrected chi connectivity index (χ3v) is 4.92. The van der Waals surface area contributed by atoms with Gasteiger partial charge in [0.1, 0.15) is 0 Å². The van der Waals surface area contributed by atoms with E-state index in [9.17, 15) is 9.59 Å². The fourth-order valence-corrected chi connectivity index (χ4v) is 3.37. The Hall–Kier alpha value is -1.84. The number of hydrogen-bond donors (Lipinski definition) is 1. The molecule has 0 aliphatic carbocycles. The van der Waals surface area contributed by atoms with Crippen LogP contribution in [0.5, 0.6) is 0 Å². The molecule has 4 nitrogen and oxygen atoms in total. The molecule has 1 aromatic carbocycles. The third kappa shape index (κ3) is 4.37. The van der Waals surface area contributed by atoms with Crippen molar-refractivity contribution in [2.75, 3.05) is 11.4 Å². The summed E-state index contributed by atoms with van der Waals surface area (Å²) >= 11 is 0. The molecule has 1 fully saturated rings. The predicted octanol–water partition coefficient (Wildman–Crippen LogP) is 3.74. The summed E-state index contributed by atoms with van der Waals surface area (Å²) in [7, 11) is 0. The molecule has 2 amide bonds. The van der Waals surface area contributed by atoms with Gasteiger partial charge in [-0.25, -0.2) is 0 Å². The summed E-state index contributed by atoms with van der Waals surface area (Å²) < 4.78 is 0. The fraction of sp³-hybridized carbons (Fsp3) is 0.600. The minimum Gasteiger partial charge on any atom is -0.351 e. The lowest BCUT2D eigenvalue weighted by Gasteiger charge is -2.20. The van der Waals surface area contributed by atoms with Gasteiger partial charge in [-0.1, -0.05) is 32.8 Å². The van der Waals surface area contributed by atoms with Crippen molar-refractivity contribution in [2.45, 2.75) is 65.8 Å². The number of nitrogens with zero attached hydrogens (tertiary/aromatic N) is 1. The van der Waals surface area contributed by atoms with Crippen LogP contribution < -0.4 is 10.2 Å². The first kappa shape index (κ1) is 18.5. The molecule has 0 aromatic heterocycles. The molecule has 1 N–H and O–H groups in total. The van der Waals surface area contributed by atoms with Gasteiger partial charge in [-0.2, -0.15) is 0 Å². The molecule has 4 heteroatoms. The van der Waals surface area contributed by atoms with E-state index in [1.54, 1.807) is 4.90 Å². The predicted molar refractivity (Wildman–Crippen MR) is 98.1 cm³/mol. The average molecular weight is 330 g/mol. The van der Waals surface area contributed by atoms with Gasteiger partial charge in [0.05, 0.1) is 6.04 Å². The van der Waals surface area contributed by atoms with Gasteiger partial charge in [-0.15, -0.1) is 0 Å². The minimum absolute atomic E-state index is 0.0748. The molecule has 0 bridgehead atoms. The number of aryl methyl sites for hydroxylation is 2. The van der Waals surface area contributed by atoms with E-state index in [1.165, 1.54) is 11.1 Å². The monoisotopic (exact) mass is 330 g/mol. The Labute approximate surface area is 145 Å². The summed E-state index contributed by atoms with van der Waals surface area (Å²) in [5.41, 5.74) is 3.33. The standard InChI is InChI=1S/C20H30N2O2/c1-5-7-16(8-6-2)20(24)21-17-12-19(23)22(13-17)18-10-9-14(3)15(4)11-18/h9-11,16-17H,5-8,12-13H2,1-4H3,(H,21,24)/t17-/m1/s1. The smallest absolute Gasteiger partial charge is 0.229 e. The van der Waals surface area contributed by atoms with Crippen LogP contribution in [0.1, 0.15) is 57.1 Å². The van der Waals surface area contributed by atoms with Crippen molar-refractivity contribution in [3.8, 4) is 0 Å². The summed E-state index contributed by atoms with van der Waals surface area (Å²) in [6, 6.07) is 6.00. The highest BCUT2D eigenvalue weighted by Crippen LogP contribution is 2.24. The number of amides is 2. The summed E-state index contributed by atoms with van der Waals surface area (Å²) in [5.74, 6) is 0.273. The van der Waals surface area contributed by atoms with Crippen molar-refractivity contribution in [3.63, 3.8) is 0 Å². The molecule has 0 spiro atoms. The van der Waals surface area contributed by atoms with Crippen molar-refractivity contribution in [2.24, 2.45) is 5.92 Å². The fourth-order valence-electron chi connectivity index (χ4n) is 3.37. The van der Waals surface area contributed by atoms with E-state index in [1.807, 2.05) is 12.1 Å². The molecule has 24 heavy (non-hydrogen) atoms. The van der Waals surface area contributed by atoms with E-state index in [4.69, 9.17) is 0 Å². The van der Waals surface area contributed by atoms with Crippen LogP contribution >= 0.6 is 0 Å². The molecule has 1 saturated heterocycles. The highest BCUT2D eigenvalue weighted by atomic mass is 16.2. The Bertz CT molecular complexity index is 591. The van der Waals surface area contributed by atoms with Gasteiger partial charge in [0.2, 0.25) is 11.8 Å². The van der Waals surface area contributed by atoms with E-state index in [0.717, 1.165) is 31.4 Å². The van der Waals surface area contributed by atoms with Crippen LogP contribution in [0.15, 0.2) is 18.2 Å². The summed E-state index contributed by atoms with van der Waals surface area (Å²) in [6.45, 7) is 8.90. The van der Waals surface area contributed by atoms with Crippen LogP contribution in [0.25, 0.3) is 0 Å². The first-order valence-corrected chi connectivity index (χ1v) is 9.14. The first-order valence-electron chi connectivity index (χ1n) is 9.14. The maximum Gasteiger partial charge on any atom is 0.229 e. The van der Waals surface area contributed by atoms with Crippen LogP contribution in [0.3, 0.4) is 0 Å². The molecule has 0 saturated carbocycles. The Morgan fingerprint density at radius 1 is 1.21 bits per heavy atom. The second-order valence-electron chi connectivity index (χ2n) is 6.96. The SMILES string of the molecule is CCCC(CCC)C(=O)N[C@@H]1CC(=O)N(c2ccc(C)c(C)c2)C1. The Kier molecular flexibility index (Phi) is 6.41. The number of benzene rings is 1. The van der Waals surface area contributed by atoms with E-state index < -0.39 is 0 Å². The maximum absolute atomic E-state index is 12.5. The molecule has 2 rings (SSSR count). The van der Waals surface area contributed by atoms with Gasteiger partial charge < -0.3 is 10.2 Å². The van der Waals surface area contributed by atoms with E-state index in [0.29, 0.717) is 13.0 Å². The van der Waals surface area contributed by atoms with E-state index in [-0.39, 0.29) is 23.8 Å². The molecule has 132 valence electrons. The number of anilines is 1. The molecule has 1 aliphatic heterocycles. The first-order chi connectivity index (χ1) is 11.5. The Balaban J connectivity index is 2.01. The van der Waals surface area contributed by atoms with Gasteiger partial charge >= 0.3 is 0 Å². The number of nitrogens with one attached hydrogen (secondary N) is 1. The lowest BCUT2D eigenvalue weighted by atomic mass is 9.97. The zero-order valence-corrected chi connectivity index (χ0v) is 15.4. The Morgan fingerprint density at radius 3 is 2.46 bits per heavy atom. The summed E-state index contributed by atoms with van der Waals surface area (Å²) in [6.07, 6.45) is 4.25. The Morgan fingerprint density at radius 2 is 1.88 bits per heavy atom. The maximum atomic E-state index is 12.5. The van der Waals surface area contributed by atoms with E-state index in [2.05, 4.69) is 39.1 Å². The quantitative estimate of drug-likeness (QED) is 0.828. The molecular formula is C20H30N2O2. The van der Waals surface area contributed by atoms with Gasteiger partial charge in [0.15, 0.2) is 0 Å². The average Bonchev–Trinajstić information content (AvgIpc) is 2.90. The second kappa shape index (κ2) is 8.32. The van der Waals surface area contributed by atoms with Gasteiger partial charge in [0, 0.05) is 24.6 Å². The zero-order chi connectivity index (χ0) is 17.7. The highest BCUT2D eigenvalue weighted by Gasteiger charge is 2.32. The number of carbonyl (C=O) groups is 2.